The highest BCUT2D eigenvalue weighted by Gasteiger charge is 2.09. The SMILES string of the molecule is COc1ccc(-c2ccc(CCC(=O)Nc3ccccc3I)o2)cc1. The molecule has 5 heteroatoms. The zero-order valence-corrected chi connectivity index (χ0v) is 15.9. The fourth-order valence-corrected chi connectivity index (χ4v) is 2.96. The number of anilines is 1. The lowest BCUT2D eigenvalue weighted by Gasteiger charge is -2.06. The fourth-order valence-electron chi connectivity index (χ4n) is 2.43. The maximum Gasteiger partial charge on any atom is 0.224 e. The maximum absolute atomic E-state index is 12.1. The maximum atomic E-state index is 12.1. The lowest BCUT2D eigenvalue weighted by molar-refractivity contribution is -0.116. The summed E-state index contributed by atoms with van der Waals surface area (Å²) < 4.78 is 12.0. The molecule has 1 heterocycles. The summed E-state index contributed by atoms with van der Waals surface area (Å²) in [6, 6.07) is 19.2. The van der Waals surface area contributed by atoms with Crippen LogP contribution in [0.2, 0.25) is 0 Å². The molecule has 1 N–H and O–H groups in total. The molecule has 128 valence electrons. The van der Waals surface area contributed by atoms with Gasteiger partial charge in [0.2, 0.25) is 5.91 Å². The van der Waals surface area contributed by atoms with Gasteiger partial charge in [-0.15, -0.1) is 0 Å². The van der Waals surface area contributed by atoms with Crippen molar-refractivity contribution in [2.24, 2.45) is 0 Å². The minimum absolute atomic E-state index is 0.0217. The van der Waals surface area contributed by atoms with Crippen molar-refractivity contribution in [1.29, 1.82) is 0 Å². The number of para-hydroxylation sites is 1. The number of halogens is 1. The summed E-state index contributed by atoms with van der Waals surface area (Å²) in [6.45, 7) is 0. The smallest absolute Gasteiger partial charge is 0.224 e. The fraction of sp³-hybridized carbons (Fsp3) is 0.150. The van der Waals surface area contributed by atoms with E-state index in [0.29, 0.717) is 12.8 Å². The Kier molecular flexibility index (Phi) is 5.75. The van der Waals surface area contributed by atoms with Gasteiger partial charge in [-0.3, -0.25) is 4.79 Å². The predicted molar refractivity (Wildman–Crippen MR) is 107 cm³/mol. The Labute approximate surface area is 160 Å². The van der Waals surface area contributed by atoms with Gasteiger partial charge in [0.25, 0.3) is 0 Å². The van der Waals surface area contributed by atoms with Crippen molar-refractivity contribution < 1.29 is 13.9 Å². The second-order valence-electron chi connectivity index (χ2n) is 5.52. The number of carbonyl (C=O) groups is 1. The molecule has 2 aromatic carbocycles. The van der Waals surface area contributed by atoms with Crippen molar-refractivity contribution in [3.8, 4) is 17.1 Å². The summed E-state index contributed by atoms with van der Waals surface area (Å²) in [7, 11) is 1.64. The number of carbonyl (C=O) groups excluding carboxylic acids is 1. The van der Waals surface area contributed by atoms with Gasteiger partial charge in [0, 0.05) is 22.0 Å². The van der Waals surface area contributed by atoms with E-state index >= 15 is 0 Å². The van der Waals surface area contributed by atoms with Crippen molar-refractivity contribution in [1.82, 2.24) is 0 Å². The van der Waals surface area contributed by atoms with Crippen LogP contribution >= 0.6 is 22.6 Å². The summed E-state index contributed by atoms with van der Waals surface area (Å²) >= 11 is 2.21. The van der Waals surface area contributed by atoms with Crippen molar-refractivity contribution in [3.63, 3.8) is 0 Å². The number of benzene rings is 2. The third-order valence-electron chi connectivity index (χ3n) is 3.78. The van der Waals surface area contributed by atoms with Crippen LogP contribution in [0, 0.1) is 3.57 Å². The molecule has 0 atom stereocenters. The van der Waals surface area contributed by atoms with Crippen molar-refractivity contribution >= 4 is 34.2 Å². The lowest BCUT2D eigenvalue weighted by atomic mass is 10.2. The Hall–Kier alpha value is -2.28. The van der Waals surface area contributed by atoms with Crippen LogP contribution in [0.25, 0.3) is 11.3 Å². The first-order valence-corrected chi connectivity index (χ1v) is 9.01. The number of amides is 1. The van der Waals surface area contributed by atoms with Gasteiger partial charge in [-0.25, -0.2) is 0 Å². The van der Waals surface area contributed by atoms with Gasteiger partial charge in [0.1, 0.15) is 17.3 Å². The van der Waals surface area contributed by atoms with E-state index in [0.717, 1.165) is 32.1 Å². The highest BCUT2D eigenvalue weighted by molar-refractivity contribution is 14.1. The third kappa shape index (κ3) is 4.63. The van der Waals surface area contributed by atoms with E-state index in [-0.39, 0.29) is 5.91 Å². The van der Waals surface area contributed by atoms with E-state index < -0.39 is 0 Å². The molecule has 3 rings (SSSR count). The highest BCUT2D eigenvalue weighted by atomic mass is 127. The van der Waals surface area contributed by atoms with Crippen molar-refractivity contribution in [2.75, 3.05) is 12.4 Å². The third-order valence-corrected chi connectivity index (χ3v) is 4.72. The molecule has 0 aliphatic heterocycles. The standard InChI is InChI=1S/C20H18INO3/c1-24-15-8-6-14(7-9-15)19-12-10-16(25-19)11-13-20(23)22-18-5-3-2-4-17(18)21/h2-10,12H,11,13H2,1H3,(H,22,23). The van der Waals surface area contributed by atoms with Gasteiger partial charge >= 0.3 is 0 Å². The summed E-state index contributed by atoms with van der Waals surface area (Å²) in [4.78, 5) is 12.1. The molecule has 4 nitrogen and oxygen atoms in total. The zero-order chi connectivity index (χ0) is 17.6. The van der Waals surface area contributed by atoms with E-state index in [1.54, 1.807) is 7.11 Å². The largest absolute Gasteiger partial charge is 0.497 e. The average Bonchev–Trinajstić information content (AvgIpc) is 3.11. The van der Waals surface area contributed by atoms with Crippen LogP contribution in [0.1, 0.15) is 12.2 Å². The number of furan rings is 1. The second-order valence-corrected chi connectivity index (χ2v) is 6.68. The summed E-state index contributed by atoms with van der Waals surface area (Å²) in [6.07, 6.45) is 0.936. The van der Waals surface area contributed by atoms with Gasteiger partial charge in [-0.2, -0.15) is 0 Å². The molecular weight excluding hydrogens is 429 g/mol. The predicted octanol–water partition coefficient (Wildman–Crippen LogP) is 5.13. The number of hydrogen-bond donors (Lipinski definition) is 1. The lowest BCUT2D eigenvalue weighted by Crippen LogP contribution is -2.12. The molecule has 1 amide bonds. The van der Waals surface area contributed by atoms with Gasteiger partial charge in [-0.1, -0.05) is 12.1 Å². The topological polar surface area (TPSA) is 51.5 Å². The van der Waals surface area contributed by atoms with Crippen LogP contribution in [0.5, 0.6) is 5.75 Å². The number of methoxy groups -OCH3 is 1. The first-order valence-electron chi connectivity index (χ1n) is 7.93. The molecule has 0 spiro atoms. The Morgan fingerprint density at radius 2 is 1.84 bits per heavy atom. The van der Waals surface area contributed by atoms with Crippen molar-refractivity contribution in [2.45, 2.75) is 12.8 Å². The molecule has 0 fully saturated rings. The molecule has 0 radical (unpaired) electrons. The second kappa shape index (κ2) is 8.20. The van der Waals surface area contributed by atoms with Crippen LogP contribution in [-0.4, -0.2) is 13.0 Å². The molecule has 0 saturated carbocycles. The van der Waals surface area contributed by atoms with E-state index in [1.165, 1.54) is 0 Å². The Balaban J connectivity index is 1.58. The minimum Gasteiger partial charge on any atom is -0.497 e. The molecule has 0 aliphatic carbocycles. The first-order chi connectivity index (χ1) is 12.2. The number of aryl methyl sites for hydroxylation is 1. The monoisotopic (exact) mass is 447 g/mol. The normalized spacial score (nSPS) is 10.5. The van der Waals surface area contributed by atoms with E-state index in [1.807, 2.05) is 60.7 Å². The summed E-state index contributed by atoms with van der Waals surface area (Å²) in [5.41, 5.74) is 1.82. The van der Waals surface area contributed by atoms with Crippen LogP contribution in [-0.2, 0) is 11.2 Å². The van der Waals surface area contributed by atoms with Crippen LogP contribution in [0.4, 0.5) is 5.69 Å². The quantitative estimate of drug-likeness (QED) is 0.533. The van der Waals surface area contributed by atoms with Gasteiger partial charge in [-0.05, 0) is 71.1 Å². The molecule has 0 unspecified atom stereocenters. The molecule has 1 aromatic heterocycles. The van der Waals surface area contributed by atoms with Gasteiger partial charge in [0.05, 0.1) is 12.8 Å². The highest BCUT2D eigenvalue weighted by Crippen LogP contribution is 2.25. The Bertz CT molecular complexity index is 855. The molecule has 0 saturated heterocycles. The molecule has 0 bridgehead atoms. The molecular formula is C20H18INO3. The van der Waals surface area contributed by atoms with Crippen LogP contribution in [0.15, 0.2) is 65.1 Å². The average molecular weight is 447 g/mol. The Morgan fingerprint density at radius 1 is 1.08 bits per heavy atom. The number of hydrogen-bond acceptors (Lipinski definition) is 3. The zero-order valence-electron chi connectivity index (χ0n) is 13.8. The van der Waals surface area contributed by atoms with Crippen LogP contribution in [0.3, 0.4) is 0 Å². The van der Waals surface area contributed by atoms with E-state index in [9.17, 15) is 4.79 Å². The van der Waals surface area contributed by atoms with E-state index in [4.69, 9.17) is 9.15 Å². The number of nitrogens with one attached hydrogen (secondary N) is 1. The summed E-state index contributed by atoms with van der Waals surface area (Å²) in [5, 5.41) is 2.93. The molecule has 25 heavy (non-hydrogen) atoms. The number of rotatable bonds is 6. The van der Waals surface area contributed by atoms with Crippen LogP contribution < -0.4 is 10.1 Å². The van der Waals surface area contributed by atoms with Crippen molar-refractivity contribution in [3.05, 3.63) is 70.0 Å². The molecule has 0 aliphatic rings. The van der Waals surface area contributed by atoms with Gasteiger partial charge < -0.3 is 14.5 Å². The number of ether oxygens (including phenoxy) is 1. The Morgan fingerprint density at radius 3 is 2.56 bits per heavy atom. The van der Waals surface area contributed by atoms with Gasteiger partial charge in [0.15, 0.2) is 0 Å². The first kappa shape index (κ1) is 17.5. The molecule has 3 aromatic rings. The van der Waals surface area contributed by atoms with E-state index in [2.05, 4.69) is 27.9 Å². The summed E-state index contributed by atoms with van der Waals surface area (Å²) in [5.74, 6) is 2.37. The minimum atomic E-state index is -0.0217.